The van der Waals surface area contributed by atoms with Crippen LogP contribution in [-0.4, -0.2) is 6.61 Å². The van der Waals surface area contributed by atoms with Crippen LogP contribution in [0.1, 0.15) is 93.4 Å². The lowest BCUT2D eigenvalue weighted by molar-refractivity contribution is 0.114. The Morgan fingerprint density at radius 2 is 1.25 bits per heavy atom. The summed E-state index contributed by atoms with van der Waals surface area (Å²) in [6.07, 6.45) is 13.0. The summed E-state index contributed by atoms with van der Waals surface area (Å²) in [7, 11) is 0. The first kappa shape index (κ1) is 28.6. The Balaban J connectivity index is 1.08. The van der Waals surface area contributed by atoms with E-state index < -0.39 is 11.6 Å². The van der Waals surface area contributed by atoms with Crippen LogP contribution in [0.5, 0.6) is 11.5 Å². The Kier molecular flexibility index (Phi) is 9.78. The van der Waals surface area contributed by atoms with Crippen LogP contribution in [0.25, 0.3) is 0 Å². The van der Waals surface area contributed by atoms with Gasteiger partial charge in [0.25, 0.3) is 0 Å². The van der Waals surface area contributed by atoms with Crippen LogP contribution < -0.4 is 9.47 Å². The molecule has 2 saturated carbocycles. The number of aryl methyl sites for hydroxylation is 2. The minimum Gasteiger partial charge on any atom is -0.491 e. The minimum absolute atomic E-state index is 0.0899. The van der Waals surface area contributed by atoms with Crippen molar-refractivity contribution in [3.8, 4) is 11.5 Å². The number of hydrogen-bond acceptors (Lipinski definition) is 2. The van der Waals surface area contributed by atoms with Gasteiger partial charge < -0.3 is 9.47 Å². The average molecular weight is 547 g/mol. The predicted octanol–water partition coefficient (Wildman–Crippen LogP) is 9.83. The normalized spacial score (nSPS) is 22.5. The molecular formula is C36H44F2O2. The maximum Gasteiger partial charge on any atom is 0.204 e. The van der Waals surface area contributed by atoms with Crippen molar-refractivity contribution in [2.75, 3.05) is 6.61 Å². The van der Waals surface area contributed by atoms with E-state index in [1.165, 1.54) is 93.0 Å². The van der Waals surface area contributed by atoms with Crippen LogP contribution >= 0.6 is 0 Å². The Morgan fingerprint density at radius 3 is 1.93 bits per heavy atom. The lowest BCUT2D eigenvalue weighted by atomic mass is 9.63. The van der Waals surface area contributed by atoms with E-state index in [0.717, 1.165) is 23.3 Å². The van der Waals surface area contributed by atoms with Gasteiger partial charge in [0.15, 0.2) is 11.5 Å². The number of hydrogen-bond donors (Lipinski definition) is 0. The van der Waals surface area contributed by atoms with Crippen molar-refractivity contribution in [3.63, 3.8) is 0 Å². The third-order valence-corrected chi connectivity index (χ3v) is 9.28. The summed E-state index contributed by atoms with van der Waals surface area (Å²) in [4.78, 5) is 0. The maximum absolute atomic E-state index is 14.3. The summed E-state index contributed by atoms with van der Waals surface area (Å²) >= 11 is 0. The summed E-state index contributed by atoms with van der Waals surface area (Å²) < 4.78 is 39.2. The summed E-state index contributed by atoms with van der Waals surface area (Å²) in [5.41, 5.74) is 5.31. The zero-order valence-corrected chi connectivity index (χ0v) is 24.1. The fourth-order valence-corrected chi connectivity index (χ4v) is 7.02. The molecule has 0 radical (unpaired) electrons. The van der Waals surface area contributed by atoms with Crippen molar-refractivity contribution < 1.29 is 18.3 Å². The molecule has 3 aromatic rings. The van der Waals surface area contributed by atoms with Crippen molar-refractivity contribution >= 4 is 0 Å². The van der Waals surface area contributed by atoms with Gasteiger partial charge in [-0.1, -0.05) is 68.3 Å². The first-order valence-electron chi connectivity index (χ1n) is 15.4. The predicted molar refractivity (Wildman–Crippen MR) is 158 cm³/mol. The summed E-state index contributed by atoms with van der Waals surface area (Å²) in [5.74, 6) is 1.04. The monoisotopic (exact) mass is 546 g/mol. The van der Waals surface area contributed by atoms with Gasteiger partial charge in [0.1, 0.15) is 6.61 Å². The van der Waals surface area contributed by atoms with Crippen LogP contribution in [0.15, 0.2) is 60.7 Å². The summed E-state index contributed by atoms with van der Waals surface area (Å²) in [6, 6.07) is 20.7. The number of rotatable bonds is 11. The van der Waals surface area contributed by atoms with Gasteiger partial charge >= 0.3 is 0 Å². The maximum atomic E-state index is 14.3. The molecule has 0 heterocycles. The second-order valence-corrected chi connectivity index (χ2v) is 12.0. The Hall–Kier alpha value is -2.88. The average Bonchev–Trinajstić information content (AvgIpc) is 2.99. The molecule has 4 unspecified atom stereocenters. The second kappa shape index (κ2) is 13.7. The van der Waals surface area contributed by atoms with E-state index in [1.54, 1.807) is 6.92 Å². The molecule has 0 amide bonds. The highest BCUT2D eigenvalue weighted by molar-refractivity contribution is 5.35. The van der Waals surface area contributed by atoms with E-state index in [4.69, 9.17) is 9.47 Å². The van der Waals surface area contributed by atoms with Gasteiger partial charge in [-0.15, -0.1) is 0 Å². The topological polar surface area (TPSA) is 18.5 Å². The molecule has 2 aliphatic carbocycles. The van der Waals surface area contributed by atoms with Crippen LogP contribution in [0.3, 0.4) is 0 Å². The molecule has 214 valence electrons. The Labute approximate surface area is 239 Å². The molecule has 0 bridgehead atoms. The molecule has 3 aromatic carbocycles. The van der Waals surface area contributed by atoms with Crippen LogP contribution in [0.2, 0.25) is 0 Å². The van der Waals surface area contributed by atoms with Gasteiger partial charge in [-0.2, -0.15) is 8.78 Å². The number of halogens is 2. The highest BCUT2D eigenvalue weighted by atomic mass is 19.2. The quantitative estimate of drug-likeness (QED) is 0.238. The molecule has 4 heteroatoms. The van der Waals surface area contributed by atoms with Crippen molar-refractivity contribution in [1.82, 2.24) is 0 Å². The lowest BCUT2D eigenvalue weighted by Crippen LogP contribution is -2.30. The van der Waals surface area contributed by atoms with Crippen LogP contribution in [0.4, 0.5) is 8.78 Å². The fourth-order valence-electron chi connectivity index (χ4n) is 7.02. The van der Waals surface area contributed by atoms with Crippen molar-refractivity contribution in [3.05, 3.63) is 94.6 Å². The van der Waals surface area contributed by atoms with E-state index in [1.807, 2.05) is 0 Å². The molecule has 2 fully saturated rings. The van der Waals surface area contributed by atoms with E-state index in [0.29, 0.717) is 5.92 Å². The third-order valence-electron chi connectivity index (χ3n) is 9.28. The van der Waals surface area contributed by atoms with E-state index in [9.17, 15) is 8.78 Å². The van der Waals surface area contributed by atoms with Crippen molar-refractivity contribution in [2.45, 2.75) is 90.6 Å². The van der Waals surface area contributed by atoms with Gasteiger partial charge in [0, 0.05) is 0 Å². The largest absolute Gasteiger partial charge is 0.491 e. The highest BCUT2D eigenvalue weighted by Gasteiger charge is 2.35. The molecule has 2 aliphatic rings. The zero-order chi connectivity index (χ0) is 27.9. The van der Waals surface area contributed by atoms with Crippen molar-refractivity contribution in [1.29, 1.82) is 0 Å². The molecular weight excluding hydrogens is 502 g/mol. The smallest absolute Gasteiger partial charge is 0.204 e. The third kappa shape index (κ3) is 7.06. The summed E-state index contributed by atoms with van der Waals surface area (Å²) in [5, 5.41) is 0. The fraction of sp³-hybridized carbons (Fsp3) is 0.500. The van der Waals surface area contributed by atoms with E-state index in [-0.39, 0.29) is 24.7 Å². The summed E-state index contributed by atoms with van der Waals surface area (Å²) in [6.45, 7) is 4.45. The van der Waals surface area contributed by atoms with Gasteiger partial charge in [0.05, 0.1) is 6.61 Å². The lowest BCUT2D eigenvalue weighted by Gasteiger charge is -2.42. The number of benzene rings is 3. The van der Waals surface area contributed by atoms with Gasteiger partial charge in [-0.05, 0) is 116 Å². The van der Waals surface area contributed by atoms with Crippen molar-refractivity contribution in [2.24, 2.45) is 17.8 Å². The molecule has 0 N–H and O–H groups in total. The Morgan fingerprint density at radius 1 is 0.650 bits per heavy atom. The van der Waals surface area contributed by atoms with Gasteiger partial charge in [-0.3, -0.25) is 0 Å². The highest BCUT2D eigenvalue weighted by Crippen LogP contribution is 2.48. The molecule has 2 nitrogen and oxygen atoms in total. The molecule has 5 rings (SSSR count). The minimum atomic E-state index is -1.00. The van der Waals surface area contributed by atoms with E-state index >= 15 is 0 Å². The van der Waals surface area contributed by atoms with Crippen LogP contribution in [0, 0.1) is 29.4 Å². The number of ether oxygens (including phenoxy) is 2. The zero-order valence-electron chi connectivity index (χ0n) is 24.1. The molecule has 0 aromatic heterocycles. The molecule has 0 spiro atoms. The van der Waals surface area contributed by atoms with Gasteiger partial charge in [-0.25, -0.2) is 0 Å². The SMILES string of the molecule is CCCc1ccc(CCC2CCC3CC(c4ccc(COc5ccc(OCC)c(F)c5F)cc4)CCC3C2)cc1. The van der Waals surface area contributed by atoms with Crippen LogP contribution in [-0.2, 0) is 19.4 Å². The Bertz CT molecular complexity index is 1220. The first-order chi connectivity index (χ1) is 19.5. The molecule has 40 heavy (non-hydrogen) atoms. The molecule has 0 saturated heterocycles. The number of fused-ring (bicyclic) bond motifs is 1. The standard InChI is InChI=1S/C36H44F2O2/c1-3-5-25-6-8-26(9-7-25)10-11-27-12-17-32-23-31(19-18-30(32)22-27)29-15-13-28(14-16-29)24-40-34-21-20-33(39-4-2)35(37)36(34)38/h6-9,13-16,20-21,27,30-32H,3-5,10-12,17-19,22-24H2,1-2H3. The van der Waals surface area contributed by atoms with Gasteiger partial charge in [0.2, 0.25) is 11.6 Å². The molecule has 4 atom stereocenters. The first-order valence-corrected chi connectivity index (χ1v) is 15.4. The second-order valence-electron chi connectivity index (χ2n) is 12.0. The molecule has 0 aliphatic heterocycles. The van der Waals surface area contributed by atoms with E-state index in [2.05, 4.69) is 55.5 Å².